The van der Waals surface area contributed by atoms with Crippen LogP contribution >= 0.6 is 31.9 Å². The van der Waals surface area contributed by atoms with Crippen molar-refractivity contribution >= 4 is 37.8 Å². The maximum absolute atomic E-state index is 11.8. The van der Waals surface area contributed by atoms with E-state index in [4.69, 9.17) is 0 Å². The molecule has 1 amide bonds. The lowest BCUT2D eigenvalue weighted by molar-refractivity contribution is 0.0790. The summed E-state index contributed by atoms with van der Waals surface area (Å²) in [5, 5.41) is 0.901. The molecule has 15 heavy (non-hydrogen) atoms. The third-order valence-corrected chi connectivity index (χ3v) is 2.95. The first-order chi connectivity index (χ1) is 7.15. The van der Waals surface area contributed by atoms with Crippen LogP contribution < -0.4 is 0 Å². The van der Waals surface area contributed by atoms with E-state index >= 15 is 0 Å². The number of amides is 1. The summed E-state index contributed by atoms with van der Waals surface area (Å²) in [4.78, 5) is 17.5. The average molecular weight is 336 g/mol. The maximum Gasteiger partial charge on any atom is 0.272 e. The van der Waals surface area contributed by atoms with Crippen LogP contribution in [0.15, 0.2) is 22.8 Å². The fourth-order valence-corrected chi connectivity index (χ4v) is 1.58. The van der Waals surface area contributed by atoms with E-state index in [-0.39, 0.29) is 5.91 Å². The second-order valence-electron chi connectivity index (χ2n) is 3.13. The molecule has 0 saturated carbocycles. The van der Waals surface area contributed by atoms with Crippen LogP contribution in [-0.2, 0) is 0 Å². The molecular weight excluding hydrogens is 324 g/mol. The topological polar surface area (TPSA) is 33.2 Å². The Balaban J connectivity index is 2.63. The Morgan fingerprint density at radius 2 is 2.27 bits per heavy atom. The van der Waals surface area contributed by atoms with Crippen molar-refractivity contribution < 1.29 is 4.79 Å². The number of rotatable bonds is 4. The van der Waals surface area contributed by atoms with Gasteiger partial charge >= 0.3 is 0 Å². The third kappa shape index (κ3) is 3.91. The fourth-order valence-electron chi connectivity index (χ4n) is 1.10. The molecule has 0 saturated heterocycles. The molecule has 1 heterocycles. The molecule has 0 aliphatic heterocycles. The highest BCUT2D eigenvalue weighted by molar-refractivity contribution is 9.10. The largest absolute Gasteiger partial charge is 0.340 e. The zero-order valence-electron chi connectivity index (χ0n) is 8.41. The Morgan fingerprint density at radius 3 is 2.80 bits per heavy atom. The second kappa shape index (κ2) is 6.23. The molecule has 3 nitrogen and oxygen atoms in total. The lowest BCUT2D eigenvalue weighted by atomic mass is 10.3. The minimum Gasteiger partial charge on any atom is -0.340 e. The van der Waals surface area contributed by atoms with Crippen molar-refractivity contribution in [2.45, 2.75) is 6.42 Å². The molecule has 0 spiro atoms. The maximum atomic E-state index is 11.8. The molecule has 5 heteroatoms. The average Bonchev–Trinajstić information content (AvgIpc) is 2.26. The van der Waals surface area contributed by atoms with Gasteiger partial charge in [-0.15, -0.1) is 0 Å². The Hall–Kier alpha value is -0.420. The van der Waals surface area contributed by atoms with Crippen molar-refractivity contribution in [1.29, 1.82) is 0 Å². The predicted octanol–water partition coefficient (Wildman–Crippen LogP) is 2.70. The zero-order chi connectivity index (χ0) is 11.3. The summed E-state index contributed by atoms with van der Waals surface area (Å²) in [7, 11) is 1.79. The Bertz CT molecular complexity index is 327. The van der Waals surface area contributed by atoms with E-state index in [1.54, 1.807) is 24.2 Å². The number of alkyl halides is 1. The van der Waals surface area contributed by atoms with E-state index in [0.717, 1.165) is 22.8 Å². The highest BCUT2D eigenvalue weighted by Gasteiger charge is 2.11. The van der Waals surface area contributed by atoms with E-state index < -0.39 is 0 Å². The molecule has 1 rings (SSSR count). The summed E-state index contributed by atoms with van der Waals surface area (Å²) in [6.45, 7) is 0.738. The van der Waals surface area contributed by atoms with Gasteiger partial charge in [0.25, 0.3) is 5.91 Å². The first-order valence-corrected chi connectivity index (χ1v) is 6.49. The first kappa shape index (κ1) is 12.6. The molecule has 0 aliphatic carbocycles. The van der Waals surface area contributed by atoms with Crippen molar-refractivity contribution in [3.05, 3.63) is 28.5 Å². The van der Waals surface area contributed by atoms with Crippen molar-refractivity contribution in [2.24, 2.45) is 0 Å². The number of hydrogen-bond acceptors (Lipinski definition) is 2. The van der Waals surface area contributed by atoms with Gasteiger partial charge in [0.2, 0.25) is 0 Å². The minimum absolute atomic E-state index is 0.0385. The van der Waals surface area contributed by atoms with Crippen LogP contribution in [0.5, 0.6) is 0 Å². The quantitative estimate of drug-likeness (QED) is 0.793. The van der Waals surface area contributed by atoms with Gasteiger partial charge in [0, 0.05) is 29.6 Å². The van der Waals surface area contributed by atoms with Crippen molar-refractivity contribution in [1.82, 2.24) is 9.88 Å². The van der Waals surface area contributed by atoms with E-state index in [9.17, 15) is 4.79 Å². The van der Waals surface area contributed by atoms with Crippen LogP contribution in [0.3, 0.4) is 0 Å². The lowest BCUT2D eigenvalue weighted by Crippen LogP contribution is -2.28. The fraction of sp³-hybridized carbons (Fsp3) is 0.400. The number of nitrogens with zero attached hydrogens (tertiary/aromatic N) is 2. The number of pyridine rings is 1. The molecule has 0 fully saturated rings. The monoisotopic (exact) mass is 334 g/mol. The van der Waals surface area contributed by atoms with Gasteiger partial charge in [0.15, 0.2) is 0 Å². The molecule has 0 aromatic carbocycles. The summed E-state index contributed by atoms with van der Waals surface area (Å²) in [5.41, 5.74) is 0.482. The molecule has 0 radical (unpaired) electrons. The standard InChI is InChI=1S/C10H12Br2N2O/c1-14(6-2-5-11)10(15)9-4-3-8(12)7-13-9/h3-4,7H,2,5-6H2,1H3. The van der Waals surface area contributed by atoms with Gasteiger partial charge < -0.3 is 4.90 Å². The molecular formula is C10H12Br2N2O. The molecule has 0 aliphatic rings. The van der Waals surface area contributed by atoms with Gasteiger partial charge in [-0.1, -0.05) is 15.9 Å². The predicted molar refractivity (Wildman–Crippen MR) is 67.3 cm³/mol. The van der Waals surface area contributed by atoms with Gasteiger partial charge in [0.05, 0.1) is 0 Å². The summed E-state index contributed by atoms with van der Waals surface area (Å²) >= 11 is 6.61. The van der Waals surface area contributed by atoms with Crippen LogP contribution in [0.4, 0.5) is 0 Å². The number of aromatic nitrogens is 1. The van der Waals surface area contributed by atoms with Crippen LogP contribution in [0.1, 0.15) is 16.9 Å². The van der Waals surface area contributed by atoms with Crippen LogP contribution in [-0.4, -0.2) is 34.7 Å². The number of carbonyl (C=O) groups is 1. The van der Waals surface area contributed by atoms with Gasteiger partial charge in [-0.25, -0.2) is 4.98 Å². The summed E-state index contributed by atoms with van der Waals surface area (Å²) in [6.07, 6.45) is 2.57. The zero-order valence-corrected chi connectivity index (χ0v) is 11.6. The highest BCUT2D eigenvalue weighted by Crippen LogP contribution is 2.08. The molecule has 1 aromatic heterocycles. The van der Waals surface area contributed by atoms with Crippen molar-refractivity contribution in [3.8, 4) is 0 Å². The third-order valence-electron chi connectivity index (χ3n) is 1.92. The second-order valence-corrected chi connectivity index (χ2v) is 4.84. The molecule has 0 N–H and O–H groups in total. The van der Waals surface area contributed by atoms with E-state index in [0.29, 0.717) is 5.69 Å². The van der Waals surface area contributed by atoms with Gasteiger partial charge in [-0.2, -0.15) is 0 Å². The molecule has 0 bridgehead atoms. The number of carbonyl (C=O) groups excluding carboxylic acids is 1. The first-order valence-electron chi connectivity index (χ1n) is 4.58. The van der Waals surface area contributed by atoms with E-state index in [1.165, 1.54) is 0 Å². The minimum atomic E-state index is -0.0385. The van der Waals surface area contributed by atoms with E-state index in [1.807, 2.05) is 6.07 Å². The summed E-state index contributed by atoms with van der Waals surface area (Å²) < 4.78 is 0.877. The Morgan fingerprint density at radius 1 is 1.53 bits per heavy atom. The molecule has 82 valence electrons. The smallest absolute Gasteiger partial charge is 0.272 e. The van der Waals surface area contributed by atoms with E-state index in [2.05, 4.69) is 36.8 Å². The highest BCUT2D eigenvalue weighted by atomic mass is 79.9. The van der Waals surface area contributed by atoms with Gasteiger partial charge in [-0.3, -0.25) is 4.79 Å². The van der Waals surface area contributed by atoms with Crippen LogP contribution in [0, 0.1) is 0 Å². The number of hydrogen-bond donors (Lipinski definition) is 0. The lowest BCUT2D eigenvalue weighted by Gasteiger charge is -2.15. The molecule has 1 aromatic rings. The Labute approximate surface area is 106 Å². The van der Waals surface area contributed by atoms with Crippen LogP contribution in [0.25, 0.3) is 0 Å². The SMILES string of the molecule is CN(CCCBr)C(=O)c1ccc(Br)cn1. The van der Waals surface area contributed by atoms with Gasteiger partial charge in [-0.05, 0) is 34.5 Å². The van der Waals surface area contributed by atoms with Crippen LogP contribution in [0.2, 0.25) is 0 Å². The van der Waals surface area contributed by atoms with Crippen molar-refractivity contribution in [3.63, 3.8) is 0 Å². The number of halogens is 2. The van der Waals surface area contributed by atoms with Gasteiger partial charge in [0.1, 0.15) is 5.69 Å². The summed E-state index contributed by atoms with van der Waals surface area (Å²) in [5.74, 6) is -0.0385. The molecule has 0 unspecified atom stereocenters. The van der Waals surface area contributed by atoms with Crippen molar-refractivity contribution in [2.75, 3.05) is 18.9 Å². The summed E-state index contributed by atoms with van der Waals surface area (Å²) in [6, 6.07) is 3.54. The Kier molecular flexibility index (Phi) is 5.25. The normalized spacial score (nSPS) is 10.1. The molecule has 0 atom stereocenters.